The summed E-state index contributed by atoms with van der Waals surface area (Å²) in [7, 11) is 0. The highest BCUT2D eigenvalue weighted by atomic mass is 32.1. The van der Waals surface area contributed by atoms with E-state index < -0.39 is 0 Å². The molecule has 3 nitrogen and oxygen atoms in total. The molecule has 5 heteroatoms. The van der Waals surface area contributed by atoms with Crippen LogP contribution in [-0.4, -0.2) is 35.5 Å². The van der Waals surface area contributed by atoms with E-state index in [0.717, 1.165) is 36.4 Å². The summed E-state index contributed by atoms with van der Waals surface area (Å²) in [5.74, 6) is 1.12. The third-order valence-corrected chi connectivity index (χ3v) is 6.19. The molecule has 3 heterocycles. The summed E-state index contributed by atoms with van der Waals surface area (Å²) >= 11 is 1.77. The van der Waals surface area contributed by atoms with Crippen LogP contribution in [0.4, 0.5) is 4.48 Å². The maximum absolute atomic E-state index is 13.2. The molecule has 0 radical (unpaired) electrons. The molecule has 0 saturated carbocycles. The lowest BCUT2D eigenvalue weighted by molar-refractivity contribution is 0.000732. The van der Waals surface area contributed by atoms with Crippen molar-refractivity contribution < 1.29 is 4.48 Å². The van der Waals surface area contributed by atoms with Gasteiger partial charge in [0, 0.05) is 31.3 Å². The van der Waals surface area contributed by atoms with Crippen LogP contribution in [0.25, 0.3) is 10.2 Å². The van der Waals surface area contributed by atoms with Gasteiger partial charge in [0.25, 0.3) is 0 Å². The highest BCUT2D eigenvalue weighted by Gasteiger charge is 2.23. The molecule has 0 bridgehead atoms. The molecule has 2 aromatic rings. The molecule has 0 amide bonds. The Labute approximate surface area is 140 Å². The van der Waals surface area contributed by atoms with Gasteiger partial charge >= 0.3 is 0 Å². The van der Waals surface area contributed by atoms with Crippen molar-refractivity contribution in [1.29, 1.82) is 0 Å². The Hall–Kier alpha value is -1.33. The van der Waals surface area contributed by atoms with E-state index in [1.165, 1.54) is 27.4 Å². The van der Waals surface area contributed by atoms with Crippen LogP contribution < -0.4 is 0 Å². The predicted molar refractivity (Wildman–Crippen MR) is 94.1 cm³/mol. The number of piperidine rings is 1. The van der Waals surface area contributed by atoms with Gasteiger partial charge in [0.1, 0.15) is 0 Å². The van der Waals surface area contributed by atoms with E-state index in [1.54, 1.807) is 11.3 Å². The molecule has 2 aliphatic rings. The Bertz CT molecular complexity index is 731. The van der Waals surface area contributed by atoms with Gasteiger partial charge in [-0.1, -0.05) is 13.0 Å². The molecule has 1 aromatic heterocycles. The van der Waals surface area contributed by atoms with E-state index in [4.69, 9.17) is 9.98 Å². The second-order valence-corrected chi connectivity index (χ2v) is 7.91. The van der Waals surface area contributed by atoms with Gasteiger partial charge in [-0.05, 0) is 49.3 Å². The van der Waals surface area contributed by atoms with Crippen molar-refractivity contribution >= 4 is 27.3 Å². The van der Waals surface area contributed by atoms with Crippen molar-refractivity contribution in [1.82, 2.24) is 10.1 Å². The number of rotatable bonds is 2. The molecule has 1 fully saturated rings. The molecular weight excluding hydrogens is 309 g/mol. The van der Waals surface area contributed by atoms with Crippen molar-refractivity contribution in [3.63, 3.8) is 0 Å². The minimum atomic E-state index is 0.413. The third kappa shape index (κ3) is 3.17. The molecule has 1 aromatic carbocycles. The number of aliphatic imine (C=N–C) groups is 1. The lowest BCUT2D eigenvalue weighted by atomic mass is 9.96. The number of benzene rings is 1. The first-order chi connectivity index (χ1) is 11.2. The van der Waals surface area contributed by atoms with E-state index in [1.807, 2.05) is 0 Å². The van der Waals surface area contributed by atoms with Gasteiger partial charge in [0.05, 0.1) is 15.2 Å². The van der Waals surface area contributed by atoms with E-state index >= 15 is 0 Å². The fourth-order valence-corrected chi connectivity index (χ4v) is 4.57. The number of thiazole rings is 1. The zero-order valence-electron chi connectivity index (χ0n) is 13.5. The van der Waals surface area contributed by atoms with Crippen LogP contribution in [0.15, 0.2) is 23.2 Å². The SMILES string of the molecule is CC1CCC(c2ccc3sc(C4CCN(F)CC4)nc3c2)=NC1. The number of fused-ring (bicyclic) bond motifs is 1. The largest absolute Gasteiger partial charge is 0.289 e. The maximum atomic E-state index is 13.2. The molecule has 0 N–H and O–H groups in total. The summed E-state index contributed by atoms with van der Waals surface area (Å²) in [6.07, 6.45) is 4.03. The summed E-state index contributed by atoms with van der Waals surface area (Å²) in [6, 6.07) is 6.55. The summed E-state index contributed by atoms with van der Waals surface area (Å²) < 4.78 is 14.4. The molecule has 2 aliphatic heterocycles. The Morgan fingerprint density at radius 2 is 2.04 bits per heavy atom. The topological polar surface area (TPSA) is 28.5 Å². The normalized spacial score (nSPS) is 24.1. The quantitative estimate of drug-likeness (QED) is 0.754. The number of hydrogen-bond acceptors (Lipinski definition) is 4. The zero-order chi connectivity index (χ0) is 15.8. The average Bonchev–Trinajstić information content (AvgIpc) is 2.99. The third-order valence-electron chi connectivity index (χ3n) is 4.99. The van der Waals surface area contributed by atoms with Crippen molar-refractivity contribution in [3.8, 4) is 0 Å². The van der Waals surface area contributed by atoms with Crippen molar-refractivity contribution in [2.45, 2.75) is 38.5 Å². The highest BCUT2D eigenvalue weighted by molar-refractivity contribution is 7.18. The number of hydrogen-bond donors (Lipinski definition) is 0. The van der Waals surface area contributed by atoms with Crippen LogP contribution in [0.1, 0.15) is 49.1 Å². The van der Waals surface area contributed by atoms with Gasteiger partial charge in [0.15, 0.2) is 0 Å². The van der Waals surface area contributed by atoms with Crippen LogP contribution in [0.5, 0.6) is 0 Å². The van der Waals surface area contributed by atoms with E-state index in [9.17, 15) is 4.48 Å². The lowest BCUT2D eigenvalue weighted by Crippen LogP contribution is -2.26. The second kappa shape index (κ2) is 6.29. The molecule has 23 heavy (non-hydrogen) atoms. The van der Waals surface area contributed by atoms with Gasteiger partial charge in [-0.3, -0.25) is 4.99 Å². The van der Waals surface area contributed by atoms with Crippen LogP contribution >= 0.6 is 11.3 Å². The molecule has 1 atom stereocenters. The smallest absolute Gasteiger partial charge is 0.0970 e. The average molecular weight is 331 g/mol. The Morgan fingerprint density at radius 3 is 2.78 bits per heavy atom. The van der Waals surface area contributed by atoms with E-state index in [0.29, 0.717) is 24.9 Å². The van der Waals surface area contributed by atoms with Crippen molar-refractivity contribution in [2.24, 2.45) is 10.9 Å². The van der Waals surface area contributed by atoms with Crippen molar-refractivity contribution in [3.05, 3.63) is 28.8 Å². The lowest BCUT2D eigenvalue weighted by Gasteiger charge is -2.23. The van der Waals surface area contributed by atoms with Crippen LogP contribution in [-0.2, 0) is 0 Å². The first-order valence-electron chi connectivity index (χ1n) is 8.54. The monoisotopic (exact) mass is 331 g/mol. The van der Waals surface area contributed by atoms with Gasteiger partial charge in [-0.2, -0.15) is 0 Å². The van der Waals surface area contributed by atoms with Gasteiger partial charge in [-0.15, -0.1) is 20.9 Å². The first kappa shape index (κ1) is 15.2. The summed E-state index contributed by atoms with van der Waals surface area (Å²) in [6.45, 7) is 4.26. The molecule has 1 saturated heterocycles. The summed E-state index contributed by atoms with van der Waals surface area (Å²) in [5, 5.41) is 2.09. The van der Waals surface area contributed by atoms with Crippen LogP contribution in [0.3, 0.4) is 0 Å². The molecule has 122 valence electrons. The van der Waals surface area contributed by atoms with Crippen LogP contribution in [0.2, 0.25) is 0 Å². The molecule has 4 rings (SSSR count). The number of nitrogens with zero attached hydrogens (tertiary/aromatic N) is 3. The van der Waals surface area contributed by atoms with Crippen LogP contribution in [0, 0.1) is 5.92 Å². The van der Waals surface area contributed by atoms with E-state index in [-0.39, 0.29) is 0 Å². The Kier molecular flexibility index (Phi) is 4.16. The first-order valence-corrected chi connectivity index (χ1v) is 9.35. The van der Waals surface area contributed by atoms with Gasteiger partial charge < -0.3 is 0 Å². The Morgan fingerprint density at radius 1 is 1.22 bits per heavy atom. The van der Waals surface area contributed by atoms with Gasteiger partial charge in [-0.25, -0.2) is 4.98 Å². The molecule has 0 spiro atoms. The number of aromatic nitrogens is 1. The maximum Gasteiger partial charge on any atom is 0.0970 e. The fourth-order valence-electron chi connectivity index (χ4n) is 3.45. The number of halogens is 1. The molecular formula is C18H22FN3S. The van der Waals surface area contributed by atoms with E-state index in [2.05, 4.69) is 25.1 Å². The Balaban J connectivity index is 1.60. The zero-order valence-corrected chi connectivity index (χ0v) is 14.3. The summed E-state index contributed by atoms with van der Waals surface area (Å²) in [4.78, 5) is 9.59. The molecule has 0 aliphatic carbocycles. The minimum absolute atomic E-state index is 0.413. The van der Waals surface area contributed by atoms with Gasteiger partial charge in [0.2, 0.25) is 0 Å². The van der Waals surface area contributed by atoms with Crippen molar-refractivity contribution in [2.75, 3.05) is 19.6 Å². The summed E-state index contributed by atoms with van der Waals surface area (Å²) in [5.41, 5.74) is 3.52. The molecule has 1 unspecified atom stereocenters. The minimum Gasteiger partial charge on any atom is -0.289 e. The highest BCUT2D eigenvalue weighted by Crippen LogP contribution is 2.34. The predicted octanol–water partition coefficient (Wildman–Crippen LogP) is 4.58. The standard InChI is InChI=1S/C18H22FN3S/c1-12-2-4-15(20-11-12)14-3-5-17-16(10-14)21-18(23-17)13-6-8-22(19)9-7-13/h3,5,10,12-13H,2,4,6-9,11H2,1H3. The second-order valence-electron chi connectivity index (χ2n) is 6.85. The fraction of sp³-hybridized carbons (Fsp3) is 0.556.